The first-order chi connectivity index (χ1) is 28.7. The van der Waals surface area contributed by atoms with Crippen LogP contribution in [-0.4, -0.2) is 42.9 Å². The van der Waals surface area contributed by atoms with Gasteiger partial charge in [0.15, 0.2) is 0 Å². The lowest BCUT2D eigenvalue weighted by molar-refractivity contribution is -0.0761. The van der Waals surface area contributed by atoms with Crippen LogP contribution in [0.2, 0.25) is 0 Å². The van der Waals surface area contributed by atoms with Crippen LogP contribution >= 0.6 is 0 Å². The molecule has 5 heteroatoms. The van der Waals surface area contributed by atoms with Gasteiger partial charge in [0, 0.05) is 0 Å². The minimum absolute atomic E-state index is 0.421. The average Bonchev–Trinajstić information content (AvgIpc) is 3.86. The normalized spacial score (nSPS) is 54.0. The quantitative estimate of drug-likeness (QED) is 0.259. The van der Waals surface area contributed by atoms with E-state index in [0.717, 1.165) is 76.9 Å². The molecule has 9 saturated carbocycles. The van der Waals surface area contributed by atoms with Gasteiger partial charge in [-0.1, -0.05) is 103 Å². The third-order valence-electron chi connectivity index (χ3n) is 21.9. The van der Waals surface area contributed by atoms with E-state index in [1.54, 1.807) is 25.7 Å². The molecule has 5 nitrogen and oxygen atoms in total. The summed E-state index contributed by atoms with van der Waals surface area (Å²) in [5.74, 6) is 13.2. The molecule has 3 saturated heterocycles. The van der Waals surface area contributed by atoms with Gasteiger partial charge in [-0.15, -0.1) is 0 Å². The Bertz CT molecular complexity index is 1380. The molecule has 326 valence electrons. The summed E-state index contributed by atoms with van der Waals surface area (Å²) in [5.41, 5.74) is 0. The van der Waals surface area contributed by atoms with E-state index in [1.807, 2.05) is 0 Å². The molecule has 12 fully saturated rings. The standard InChI is InChI=1S/C53H87N3O2/c1-3-11-32(12-4-1)36-19-20-38-28-39(22-21-37(38)27-36)51-54-52(40-23-24-43-42-17-9-10-18-46(42)57-47(43)31-40)56-53(55-51)44-26-25-41(33-13-5-2-6-14-33)50-49(44)45-29-34-15-7-8-16-35(34)30-48(45)58-50/h32-56H,1-31H2. The van der Waals surface area contributed by atoms with Gasteiger partial charge in [-0.3, -0.25) is 16.0 Å². The molecule has 20 unspecified atom stereocenters. The van der Waals surface area contributed by atoms with Crippen LogP contribution in [0, 0.1) is 88.8 Å². The maximum atomic E-state index is 7.61. The van der Waals surface area contributed by atoms with Crippen LogP contribution in [0.5, 0.6) is 0 Å². The van der Waals surface area contributed by atoms with Crippen LogP contribution in [0.25, 0.3) is 0 Å². The number of nitrogens with one attached hydrogen (secondary N) is 3. The third-order valence-corrected chi connectivity index (χ3v) is 21.9. The van der Waals surface area contributed by atoms with Crippen molar-refractivity contribution < 1.29 is 9.47 Å². The molecule has 20 atom stereocenters. The highest BCUT2D eigenvalue weighted by Gasteiger charge is 2.59. The summed E-state index contributed by atoms with van der Waals surface area (Å²) in [4.78, 5) is 0. The molecule has 3 aliphatic heterocycles. The molecule has 12 rings (SSSR count). The molecule has 3 heterocycles. The predicted octanol–water partition coefficient (Wildman–Crippen LogP) is 11.7. The van der Waals surface area contributed by atoms with Crippen LogP contribution in [-0.2, 0) is 9.47 Å². The maximum absolute atomic E-state index is 7.61. The van der Waals surface area contributed by atoms with Crippen molar-refractivity contribution in [3.8, 4) is 0 Å². The predicted molar refractivity (Wildman–Crippen MR) is 234 cm³/mol. The van der Waals surface area contributed by atoms with Crippen molar-refractivity contribution in [2.75, 3.05) is 0 Å². The zero-order valence-corrected chi connectivity index (χ0v) is 36.9. The Morgan fingerprint density at radius 2 is 0.724 bits per heavy atom. The van der Waals surface area contributed by atoms with Crippen LogP contribution in [0.3, 0.4) is 0 Å². The highest BCUT2D eigenvalue weighted by Crippen LogP contribution is 2.59. The van der Waals surface area contributed by atoms with Crippen molar-refractivity contribution in [1.29, 1.82) is 0 Å². The van der Waals surface area contributed by atoms with Crippen molar-refractivity contribution in [3.05, 3.63) is 0 Å². The van der Waals surface area contributed by atoms with Gasteiger partial charge in [-0.2, -0.15) is 0 Å². The van der Waals surface area contributed by atoms with Crippen molar-refractivity contribution in [3.63, 3.8) is 0 Å². The first kappa shape index (κ1) is 39.4. The Hall–Kier alpha value is -0.200. The minimum atomic E-state index is 0.421. The lowest BCUT2D eigenvalue weighted by Gasteiger charge is -2.54. The van der Waals surface area contributed by atoms with Crippen molar-refractivity contribution in [2.45, 2.75) is 242 Å². The van der Waals surface area contributed by atoms with E-state index in [4.69, 9.17) is 9.47 Å². The Morgan fingerprint density at radius 1 is 0.259 bits per heavy atom. The molecule has 12 aliphatic rings. The van der Waals surface area contributed by atoms with Gasteiger partial charge >= 0.3 is 0 Å². The summed E-state index contributed by atoms with van der Waals surface area (Å²) in [6.07, 6.45) is 48.9. The third kappa shape index (κ3) is 7.47. The van der Waals surface area contributed by atoms with Gasteiger partial charge in [0.05, 0.1) is 42.9 Å². The molecule has 0 spiro atoms. The molecular formula is C53H87N3O2. The van der Waals surface area contributed by atoms with Gasteiger partial charge in [-0.05, 0) is 185 Å². The first-order valence-electron chi connectivity index (χ1n) is 27.3. The summed E-state index contributed by atoms with van der Waals surface area (Å²) in [5, 5.41) is 13.5. The molecule has 0 aromatic carbocycles. The smallest absolute Gasteiger partial charge is 0.0645 e. The second-order valence-corrected chi connectivity index (χ2v) is 24.4. The van der Waals surface area contributed by atoms with E-state index in [9.17, 15) is 0 Å². The van der Waals surface area contributed by atoms with E-state index >= 15 is 0 Å². The molecule has 9 aliphatic carbocycles. The second kappa shape index (κ2) is 17.1. The molecule has 58 heavy (non-hydrogen) atoms. The van der Waals surface area contributed by atoms with Gasteiger partial charge in [0.25, 0.3) is 0 Å². The maximum Gasteiger partial charge on any atom is 0.0645 e. The fourth-order valence-electron chi connectivity index (χ4n) is 19.1. The molecule has 0 radical (unpaired) electrons. The van der Waals surface area contributed by atoms with E-state index < -0.39 is 0 Å². The lowest BCUT2D eigenvalue weighted by Crippen LogP contribution is -2.74. The van der Waals surface area contributed by atoms with Gasteiger partial charge in [0.2, 0.25) is 0 Å². The van der Waals surface area contributed by atoms with Crippen LogP contribution in [0.15, 0.2) is 0 Å². The van der Waals surface area contributed by atoms with Gasteiger partial charge in [0.1, 0.15) is 0 Å². The number of hydrogen-bond acceptors (Lipinski definition) is 5. The number of rotatable bonds is 5. The molecular weight excluding hydrogens is 711 g/mol. The number of hydrogen-bond donors (Lipinski definition) is 3. The Balaban J connectivity index is 0.804. The highest BCUT2D eigenvalue weighted by molar-refractivity contribution is 5.09. The van der Waals surface area contributed by atoms with Crippen molar-refractivity contribution in [1.82, 2.24) is 16.0 Å². The van der Waals surface area contributed by atoms with Crippen molar-refractivity contribution in [2.24, 2.45) is 88.8 Å². The first-order valence-corrected chi connectivity index (χ1v) is 27.3. The monoisotopic (exact) mass is 798 g/mol. The van der Waals surface area contributed by atoms with E-state index in [1.165, 1.54) is 173 Å². The SMILES string of the molecule is C1CCC(C2CCC3CC(C4NC(C5CCC6C(C5)OC5CCCCC56)NC(C5CCC(C6CCCCC6)C6OC7CC8CCCCC8CC7C56)N4)CCC3C2)CC1. The summed E-state index contributed by atoms with van der Waals surface area (Å²) in [7, 11) is 0. The van der Waals surface area contributed by atoms with E-state index in [0.29, 0.717) is 54.7 Å². The van der Waals surface area contributed by atoms with Gasteiger partial charge in [-0.25, -0.2) is 0 Å². The molecule has 0 bridgehead atoms. The molecule has 0 aromatic heterocycles. The zero-order chi connectivity index (χ0) is 38.2. The molecule has 3 N–H and O–H groups in total. The second-order valence-electron chi connectivity index (χ2n) is 24.4. The van der Waals surface area contributed by atoms with E-state index in [2.05, 4.69) is 16.0 Å². The largest absolute Gasteiger partial charge is 0.374 e. The summed E-state index contributed by atoms with van der Waals surface area (Å²) in [6, 6.07) is 0. The van der Waals surface area contributed by atoms with Gasteiger partial charge < -0.3 is 9.47 Å². The van der Waals surface area contributed by atoms with Crippen LogP contribution in [0.4, 0.5) is 0 Å². The fraction of sp³-hybridized carbons (Fsp3) is 1.00. The van der Waals surface area contributed by atoms with E-state index in [-0.39, 0.29) is 0 Å². The molecule has 0 amide bonds. The summed E-state index contributed by atoms with van der Waals surface area (Å²) in [6.45, 7) is 0. The Labute approximate surface area is 355 Å². The van der Waals surface area contributed by atoms with Crippen molar-refractivity contribution >= 4 is 0 Å². The average molecular weight is 798 g/mol. The minimum Gasteiger partial charge on any atom is -0.374 e. The summed E-state index contributed by atoms with van der Waals surface area (Å²) >= 11 is 0. The lowest BCUT2D eigenvalue weighted by atomic mass is 9.57. The summed E-state index contributed by atoms with van der Waals surface area (Å²) < 4.78 is 14.6. The zero-order valence-electron chi connectivity index (χ0n) is 36.9. The Kier molecular flexibility index (Phi) is 11.6. The fourth-order valence-corrected chi connectivity index (χ4v) is 19.1. The topological polar surface area (TPSA) is 54.5 Å². The van der Waals surface area contributed by atoms with Crippen LogP contribution in [0.1, 0.15) is 199 Å². The molecule has 0 aromatic rings. The Morgan fingerprint density at radius 3 is 1.50 bits per heavy atom. The highest BCUT2D eigenvalue weighted by atomic mass is 16.5. The number of ether oxygens (including phenoxy) is 2. The van der Waals surface area contributed by atoms with Crippen LogP contribution < -0.4 is 16.0 Å². The number of fused-ring (bicyclic) bond motifs is 8.